The molecule has 21 heavy (non-hydrogen) atoms. The predicted octanol–water partition coefficient (Wildman–Crippen LogP) is 4.96. The molecule has 0 saturated heterocycles. The Balaban J connectivity index is 1.84. The molecule has 3 fully saturated rings. The molecule has 2 bridgehead atoms. The molecule has 5 unspecified atom stereocenters. The average molecular weight is 292 g/mol. The molecule has 0 aromatic rings. The van der Waals surface area contributed by atoms with Gasteiger partial charge in [0.05, 0.1) is 5.41 Å². The molecule has 2 heteroatoms. The third-order valence-corrected chi connectivity index (χ3v) is 6.89. The molecule has 0 aliphatic heterocycles. The monoisotopic (exact) mass is 292 g/mol. The normalized spacial score (nSPS) is 42.5. The Bertz CT molecular complexity index is 414. The smallest absolute Gasteiger partial charge is 0.312 e. The highest BCUT2D eigenvalue weighted by molar-refractivity contribution is 5.76. The number of hydrogen-bond donors (Lipinski definition) is 0. The summed E-state index contributed by atoms with van der Waals surface area (Å²) in [7, 11) is 0. The highest BCUT2D eigenvalue weighted by Gasteiger charge is 2.55. The Morgan fingerprint density at radius 1 is 1.24 bits per heavy atom. The van der Waals surface area contributed by atoms with E-state index in [1.165, 1.54) is 32.1 Å². The molecule has 3 aliphatic carbocycles. The summed E-state index contributed by atoms with van der Waals surface area (Å²) in [6.45, 7) is 8.50. The second-order valence-corrected chi connectivity index (χ2v) is 8.82. The van der Waals surface area contributed by atoms with Gasteiger partial charge in [-0.1, -0.05) is 20.3 Å². The van der Waals surface area contributed by atoms with Crippen LogP contribution in [0.25, 0.3) is 0 Å². The molecule has 0 aromatic carbocycles. The molecule has 5 atom stereocenters. The van der Waals surface area contributed by atoms with Crippen LogP contribution < -0.4 is 0 Å². The van der Waals surface area contributed by atoms with Gasteiger partial charge in [-0.25, -0.2) is 0 Å². The van der Waals surface area contributed by atoms with Crippen molar-refractivity contribution in [3.8, 4) is 0 Å². The number of esters is 1. The van der Waals surface area contributed by atoms with Crippen molar-refractivity contribution in [3.63, 3.8) is 0 Å². The van der Waals surface area contributed by atoms with E-state index in [0.29, 0.717) is 11.8 Å². The van der Waals surface area contributed by atoms with Crippen LogP contribution in [0, 0.1) is 29.1 Å². The van der Waals surface area contributed by atoms with E-state index in [4.69, 9.17) is 4.74 Å². The first-order chi connectivity index (χ1) is 9.86. The summed E-state index contributed by atoms with van der Waals surface area (Å²) < 4.78 is 6.32. The topological polar surface area (TPSA) is 26.3 Å². The van der Waals surface area contributed by atoms with Crippen LogP contribution >= 0.6 is 0 Å². The van der Waals surface area contributed by atoms with Gasteiger partial charge in [0.15, 0.2) is 0 Å². The van der Waals surface area contributed by atoms with E-state index in [1.807, 2.05) is 13.8 Å². The third kappa shape index (κ3) is 2.64. The summed E-state index contributed by atoms with van der Waals surface area (Å²) in [5, 5.41) is 0. The van der Waals surface area contributed by atoms with Gasteiger partial charge in [0.25, 0.3) is 0 Å². The average Bonchev–Trinajstić information content (AvgIpc) is 2.45. The van der Waals surface area contributed by atoms with E-state index in [0.717, 1.165) is 31.1 Å². The summed E-state index contributed by atoms with van der Waals surface area (Å²) in [6.07, 6.45) is 9.81. The first-order valence-corrected chi connectivity index (χ1v) is 9.10. The van der Waals surface area contributed by atoms with Gasteiger partial charge in [-0.2, -0.15) is 0 Å². The number of hydrogen-bond acceptors (Lipinski definition) is 2. The van der Waals surface area contributed by atoms with Crippen LogP contribution in [0.2, 0.25) is 0 Å². The highest BCUT2D eigenvalue weighted by Crippen LogP contribution is 2.57. The fourth-order valence-electron chi connectivity index (χ4n) is 5.22. The molecular formula is C19H32O2. The van der Waals surface area contributed by atoms with Gasteiger partial charge in [0.1, 0.15) is 5.60 Å². The summed E-state index contributed by atoms with van der Waals surface area (Å²) in [5.41, 5.74) is -0.459. The second kappa shape index (κ2) is 5.28. The fourth-order valence-corrected chi connectivity index (χ4v) is 5.22. The molecule has 3 saturated carbocycles. The van der Waals surface area contributed by atoms with Crippen LogP contribution in [0.15, 0.2) is 0 Å². The van der Waals surface area contributed by atoms with Crippen LogP contribution in [0.3, 0.4) is 0 Å². The zero-order valence-electron chi connectivity index (χ0n) is 14.3. The second-order valence-electron chi connectivity index (χ2n) is 8.82. The Morgan fingerprint density at radius 3 is 2.71 bits per heavy atom. The van der Waals surface area contributed by atoms with Gasteiger partial charge >= 0.3 is 5.97 Å². The van der Waals surface area contributed by atoms with Crippen molar-refractivity contribution in [1.29, 1.82) is 0 Å². The maximum absolute atomic E-state index is 12.7. The van der Waals surface area contributed by atoms with E-state index >= 15 is 0 Å². The number of rotatable bonds is 3. The summed E-state index contributed by atoms with van der Waals surface area (Å²) in [5.74, 6) is 3.12. The minimum atomic E-state index is -0.337. The third-order valence-electron chi connectivity index (χ3n) is 6.89. The maximum atomic E-state index is 12.7. The van der Waals surface area contributed by atoms with Gasteiger partial charge in [-0.05, 0) is 76.5 Å². The minimum absolute atomic E-state index is 0.0434. The van der Waals surface area contributed by atoms with Crippen LogP contribution in [-0.4, -0.2) is 11.6 Å². The Morgan fingerprint density at radius 2 is 2.00 bits per heavy atom. The fraction of sp³-hybridized carbons (Fsp3) is 0.947. The number of carbonyl (C=O) groups excluding carboxylic acids is 1. The van der Waals surface area contributed by atoms with Crippen molar-refractivity contribution in [2.45, 2.75) is 84.7 Å². The Kier molecular flexibility index (Phi) is 3.86. The first kappa shape index (κ1) is 15.4. The molecule has 0 amide bonds. The van der Waals surface area contributed by atoms with Gasteiger partial charge in [0.2, 0.25) is 0 Å². The first-order valence-electron chi connectivity index (χ1n) is 9.10. The number of carbonyl (C=O) groups is 1. The van der Waals surface area contributed by atoms with Gasteiger partial charge < -0.3 is 4.74 Å². The largest absolute Gasteiger partial charge is 0.458 e. The lowest BCUT2D eigenvalue weighted by molar-refractivity contribution is -0.203. The summed E-state index contributed by atoms with van der Waals surface area (Å²) in [6, 6.07) is 0. The van der Waals surface area contributed by atoms with Crippen molar-refractivity contribution < 1.29 is 9.53 Å². The predicted molar refractivity (Wildman–Crippen MR) is 84.8 cm³/mol. The van der Waals surface area contributed by atoms with Crippen LogP contribution in [-0.2, 0) is 9.53 Å². The van der Waals surface area contributed by atoms with E-state index in [1.54, 1.807) is 0 Å². The van der Waals surface area contributed by atoms with Crippen molar-refractivity contribution in [2.24, 2.45) is 29.1 Å². The van der Waals surface area contributed by atoms with E-state index in [-0.39, 0.29) is 17.0 Å². The molecule has 0 radical (unpaired) electrons. The van der Waals surface area contributed by atoms with Crippen LogP contribution in [0.1, 0.15) is 79.1 Å². The zero-order valence-corrected chi connectivity index (χ0v) is 14.3. The van der Waals surface area contributed by atoms with Gasteiger partial charge in [0, 0.05) is 5.92 Å². The lowest BCUT2D eigenvalue weighted by Gasteiger charge is -2.57. The van der Waals surface area contributed by atoms with Crippen molar-refractivity contribution in [2.75, 3.05) is 0 Å². The molecule has 0 N–H and O–H groups in total. The lowest BCUT2D eigenvalue weighted by atomic mass is 9.53. The molecule has 0 aromatic heterocycles. The quantitative estimate of drug-likeness (QED) is 0.687. The van der Waals surface area contributed by atoms with Gasteiger partial charge in [-0.3, -0.25) is 4.79 Å². The molecular weight excluding hydrogens is 260 g/mol. The maximum Gasteiger partial charge on any atom is 0.312 e. The van der Waals surface area contributed by atoms with E-state index in [2.05, 4.69) is 13.8 Å². The standard InChI is InChI=1S/C19H32O2/c1-5-18(3,4)17(20)21-19-9-8-14-6-7-15(16(19)11-14)10-13(2)12-19/h13-16H,5-12H2,1-4H3. The molecule has 0 heterocycles. The number of fused-ring (bicyclic) bond motifs is 1. The minimum Gasteiger partial charge on any atom is -0.458 e. The van der Waals surface area contributed by atoms with Crippen LogP contribution in [0.4, 0.5) is 0 Å². The lowest BCUT2D eigenvalue weighted by Crippen LogP contribution is -2.56. The SMILES string of the molecule is CCC(C)(C)C(=O)OC12CCC3CCC(CC(C)C1)C2C3. The van der Waals surface area contributed by atoms with E-state index in [9.17, 15) is 4.79 Å². The molecule has 3 rings (SSSR count). The van der Waals surface area contributed by atoms with E-state index < -0.39 is 0 Å². The highest BCUT2D eigenvalue weighted by atomic mass is 16.6. The summed E-state index contributed by atoms with van der Waals surface area (Å²) >= 11 is 0. The zero-order chi connectivity index (χ0) is 15.3. The molecule has 3 aliphatic rings. The van der Waals surface area contributed by atoms with Gasteiger partial charge in [-0.15, -0.1) is 0 Å². The Hall–Kier alpha value is -0.530. The number of ether oxygens (including phenoxy) is 1. The summed E-state index contributed by atoms with van der Waals surface area (Å²) in [4.78, 5) is 12.7. The molecule has 120 valence electrons. The van der Waals surface area contributed by atoms with Crippen LogP contribution in [0.5, 0.6) is 0 Å². The van der Waals surface area contributed by atoms with Crippen molar-refractivity contribution >= 4 is 5.97 Å². The Labute approximate surface area is 130 Å². The molecule has 0 spiro atoms. The van der Waals surface area contributed by atoms with Crippen molar-refractivity contribution in [3.05, 3.63) is 0 Å². The van der Waals surface area contributed by atoms with Crippen molar-refractivity contribution in [1.82, 2.24) is 0 Å². The molecule has 2 nitrogen and oxygen atoms in total.